The molecule has 0 radical (unpaired) electrons. The van der Waals surface area contributed by atoms with Crippen LogP contribution in [-0.4, -0.2) is 26.4 Å². The average molecular weight is 235 g/mol. The first-order valence-corrected chi connectivity index (χ1v) is 5.48. The highest BCUT2D eigenvalue weighted by atomic mass is 16.5. The predicted octanol–water partition coefficient (Wildman–Crippen LogP) is 1.20. The summed E-state index contributed by atoms with van der Waals surface area (Å²) in [4.78, 5) is 4.34. The van der Waals surface area contributed by atoms with E-state index in [9.17, 15) is 0 Å². The normalized spacial score (nSPS) is 10.8. The third-order valence-electron chi connectivity index (χ3n) is 2.82. The Balaban J connectivity index is 2.63. The highest BCUT2D eigenvalue weighted by molar-refractivity contribution is 5.76. The van der Waals surface area contributed by atoms with Gasteiger partial charge in [-0.2, -0.15) is 5.10 Å². The molecule has 0 saturated carbocycles. The Morgan fingerprint density at radius 3 is 2.71 bits per heavy atom. The van der Waals surface area contributed by atoms with Crippen LogP contribution in [-0.2, 0) is 13.6 Å². The van der Waals surface area contributed by atoms with Crippen molar-refractivity contribution >= 4 is 5.82 Å². The van der Waals surface area contributed by atoms with E-state index in [-0.39, 0.29) is 0 Å². The van der Waals surface area contributed by atoms with Gasteiger partial charge in [0.05, 0.1) is 24.7 Å². The molecule has 0 fully saturated rings. The number of aromatic nitrogens is 4. The minimum atomic E-state index is 0.641. The van der Waals surface area contributed by atoms with Crippen molar-refractivity contribution in [1.29, 1.82) is 0 Å². The van der Waals surface area contributed by atoms with Crippen molar-refractivity contribution in [2.45, 2.75) is 20.4 Å². The van der Waals surface area contributed by atoms with E-state index in [2.05, 4.69) is 10.1 Å². The van der Waals surface area contributed by atoms with Crippen LogP contribution in [0.3, 0.4) is 0 Å². The van der Waals surface area contributed by atoms with Gasteiger partial charge in [0.1, 0.15) is 11.5 Å². The van der Waals surface area contributed by atoms with E-state index in [4.69, 9.17) is 10.5 Å². The number of nitrogen functional groups attached to an aromatic ring is 1. The molecular formula is C11H17N5O. The summed E-state index contributed by atoms with van der Waals surface area (Å²) in [6, 6.07) is 0. The smallest absolute Gasteiger partial charge is 0.221 e. The average Bonchev–Trinajstić information content (AvgIpc) is 2.78. The first-order valence-electron chi connectivity index (χ1n) is 5.48. The van der Waals surface area contributed by atoms with E-state index < -0.39 is 0 Å². The number of imidazole rings is 1. The first-order chi connectivity index (χ1) is 8.10. The number of hydrogen-bond acceptors (Lipinski definition) is 4. The number of aryl methyl sites for hydroxylation is 3. The third kappa shape index (κ3) is 1.65. The first kappa shape index (κ1) is 11.5. The van der Waals surface area contributed by atoms with Crippen LogP contribution < -0.4 is 10.5 Å². The molecule has 0 unspecified atom stereocenters. The zero-order valence-corrected chi connectivity index (χ0v) is 10.6. The van der Waals surface area contributed by atoms with E-state index >= 15 is 0 Å². The lowest BCUT2D eigenvalue weighted by Gasteiger charge is -2.04. The Morgan fingerprint density at radius 2 is 2.18 bits per heavy atom. The number of methoxy groups -OCH3 is 1. The van der Waals surface area contributed by atoms with Gasteiger partial charge in [0.15, 0.2) is 0 Å². The van der Waals surface area contributed by atoms with Crippen molar-refractivity contribution in [2.75, 3.05) is 12.8 Å². The lowest BCUT2D eigenvalue weighted by molar-refractivity contribution is 0.374. The Kier molecular flexibility index (Phi) is 2.79. The maximum absolute atomic E-state index is 6.06. The molecule has 0 aliphatic heterocycles. The van der Waals surface area contributed by atoms with Crippen LogP contribution in [0.4, 0.5) is 5.82 Å². The summed E-state index contributed by atoms with van der Waals surface area (Å²) in [6.07, 6.45) is 1.73. The highest BCUT2D eigenvalue weighted by Crippen LogP contribution is 2.34. The van der Waals surface area contributed by atoms with E-state index in [1.807, 2.05) is 25.5 Å². The molecule has 0 aromatic carbocycles. The molecule has 92 valence electrons. The molecule has 0 saturated heterocycles. The lowest BCUT2D eigenvalue weighted by Crippen LogP contribution is -2.00. The summed E-state index contributed by atoms with van der Waals surface area (Å²) in [5.74, 6) is 1.32. The molecule has 0 aliphatic rings. The van der Waals surface area contributed by atoms with Crippen LogP contribution in [0, 0.1) is 6.92 Å². The Morgan fingerprint density at radius 1 is 1.47 bits per heavy atom. The summed E-state index contributed by atoms with van der Waals surface area (Å²) in [7, 11) is 3.45. The van der Waals surface area contributed by atoms with Gasteiger partial charge in [0.25, 0.3) is 0 Å². The van der Waals surface area contributed by atoms with E-state index in [1.54, 1.807) is 18.1 Å². The quantitative estimate of drug-likeness (QED) is 0.867. The second-order valence-corrected chi connectivity index (χ2v) is 3.86. The maximum atomic E-state index is 6.06. The van der Waals surface area contributed by atoms with Crippen LogP contribution in [0.15, 0.2) is 6.33 Å². The SMILES string of the molecule is CCn1cnc(-c2c(C)nn(C)c2OC)c1N. The zero-order chi connectivity index (χ0) is 12.6. The largest absolute Gasteiger partial charge is 0.481 e. The van der Waals surface area contributed by atoms with Crippen LogP contribution in [0.5, 0.6) is 5.88 Å². The zero-order valence-electron chi connectivity index (χ0n) is 10.6. The fourth-order valence-corrected chi connectivity index (χ4v) is 1.98. The van der Waals surface area contributed by atoms with Gasteiger partial charge in [0, 0.05) is 13.6 Å². The van der Waals surface area contributed by atoms with Gasteiger partial charge in [-0.05, 0) is 13.8 Å². The van der Waals surface area contributed by atoms with Crippen molar-refractivity contribution in [3.8, 4) is 17.1 Å². The van der Waals surface area contributed by atoms with Crippen LogP contribution in [0.25, 0.3) is 11.3 Å². The van der Waals surface area contributed by atoms with Crippen molar-refractivity contribution in [3.05, 3.63) is 12.0 Å². The molecule has 6 heteroatoms. The van der Waals surface area contributed by atoms with Crippen molar-refractivity contribution in [1.82, 2.24) is 19.3 Å². The standard InChI is InChI=1S/C11H17N5O/c1-5-16-6-13-9(10(16)12)8-7(2)14-15(3)11(8)17-4/h6H,5,12H2,1-4H3. The van der Waals surface area contributed by atoms with Gasteiger partial charge in [-0.3, -0.25) is 0 Å². The van der Waals surface area contributed by atoms with Crippen molar-refractivity contribution in [2.24, 2.45) is 7.05 Å². The molecule has 0 bridgehead atoms. The van der Waals surface area contributed by atoms with E-state index in [0.717, 1.165) is 23.5 Å². The number of ether oxygens (including phenoxy) is 1. The third-order valence-corrected chi connectivity index (χ3v) is 2.82. The van der Waals surface area contributed by atoms with Crippen molar-refractivity contribution in [3.63, 3.8) is 0 Å². The topological polar surface area (TPSA) is 70.9 Å². The molecule has 2 N–H and O–H groups in total. The van der Waals surface area contributed by atoms with E-state index in [0.29, 0.717) is 11.7 Å². The summed E-state index contributed by atoms with van der Waals surface area (Å²) in [6.45, 7) is 4.73. The number of rotatable bonds is 3. The molecular weight excluding hydrogens is 218 g/mol. The predicted molar refractivity (Wildman–Crippen MR) is 65.8 cm³/mol. The molecule has 0 spiro atoms. The van der Waals surface area contributed by atoms with Gasteiger partial charge in [0.2, 0.25) is 5.88 Å². The Labute approximate surface area is 100 Å². The fourth-order valence-electron chi connectivity index (χ4n) is 1.98. The van der Waals surface area contributed by atoms with Crippen LogP contribution >= 0.6 is 0 Å². The summed E-state index contributed by atoms with van der Waals surface area (Å²) in [5, 5.41) is 4.32. The van der Waals surface area contributed by atoms with Gasteiger partial charge in [-0.1, -0.05) is 0 Å². The summed E-state index contributed by atoms with van der Waals surface area (Å²) >= 11 is 0. The summed E-state index contributed by atoms with van der Waals surface area (Å²) < 4.78 is 8.92. The number of anilines is 1. The molecule has 0 atom stereocenters. The molecule has 2 rings (SSSR count). The fraction of sp³-hybridized carbons (Fsp3) is 0.455. The molecule has 2 aromatic rings. The van der Waals surface area contributed by atoms with E-state index in [1.165, 1.54) is 0 Å². The van der Waals surface area contributed by atoms with Crippen LogP contribution in [0.1, 0.15) is 12.6 Å². The molecule has 0 aliphatic carbocycles. The molecule has 2 aromatic heterocycles. The maximum Gasteiger partial charge on any atom is 0.221 e. The molecule has 6 nitrogen and oxygen atoms in total. The Hall–Kier alpha value is -1.98. The number of hydrogen-bond donors (Lipinski definition) is 1. The second kappa shape index (κ2) is 4.12. The van der Waals surface area contributed by atoms with Crippen molar-refractivity contribution < 1.29 is 4.74 Å². The molecule has 17 heavy (non-hydrogen) atoms. The number of nitrogens with zero attached hydrogens (tertiary/aromatic N) is 4. The highest BCUT2D eigenvalue weighted by Gasteiger charge is 2.21. The lowest BCUT2D eigenvalue weighted by atomic mass is 10.2. The second-order valence-electron chi connectivity index (χ2n) is 3.86. The van der Waals surface area contributed by atoms with Gasteiger partial charge in [-0.25, -0.2) is 9.67 Å². The number of nitrogens with two attached hydrogens (primary N) is 1. The molecule has 2 heterocycles. The van der Waals surface area contributed by atoms with Gasteiger partial charge >= 0.3 is 0 Å². The van der Waals surface area contributed by atoms with Gasteiger partial charge in [-0.15, -0.1) is 0 Å². The minimum absolute atomic E-state index is 0.641. The van der Waals surface area contributed by atoms with Gasteiger partial charge < -0.3 is 15.0 Å². The van der Waals surface area contributed by atoms with Crippen LogP contribution in [0.2, 0.25) is 0 Å². The summed E-state index contributed by atoms with van der Waals surface area (Å²) in [5.41, 5.74) is 8.51. The molecule has 0 amide bonds. The minimum Gasteiger partial charge on any atom is -0.481 e. The monoisotopic (exact) mass is 235 g/mol. The Bertz CT molecular complexity index is 540.